The molecule has 0 aliphatic rings. The molecule has 0 aliphatic heterocycles. The number of aromatic carboxylic acids is 1. The zero-order valence-corrected chi connectivity index (χ0v) is 8.66. The first-order chi connectivity index (χ1) is 8.15. The molecule has 0 saturated carbocycles. The molecule has 0 bridgehead atoms. The lowest BCUT2D eigenvalue weighted by molar-refractivity contribution is 0.0653. The first-order valence-electron chi connectivity index (χ1n) is 4.74. The Morgan fingerprint density at radius 1 is 1.35 bits per heavy atom. The summed E-state index contributed by atoms with van der Waals surface area (Å²) in [5, 5.41) is 17.6. The summed E-state index contributed by atoms with van der Waals surface area (Å²) in [5.41, 5.74) is 0.385. The molecule has 0 fully saturated rings. The van der Waals surface area contributed by atoms with Gasteiger partial charge in [0.05, 0.1) is 0 Å². The summed E-state index contributed by atoms with van der Waals surface area (Å²) in [6, 6.07) is 6.16. The van der Waals surface area contributed by atoms with Crippen molar-refractivity contribution in [1.29, 1.82) is 0 Å². The van der Waals surface area contributed by atoms with E-state index in [1.165, 1.54) is 18.4 Å². The number of carboxylic acids is 1. The predicted octanol–water partition coefficient (Wildman–Crippen LogP) is 1.66. The third-order valence-corrected chi connectivity index (χ3v) is 1.96. The van der Waals surface area contributed by atoms with Crippen LogP contribution >= 0.6 is 0 Å². The van der Waals surface area contributed by atoms with Gasteiger partial charge < -0.3 is 19.4 Å². The summed E-state index contributed by atoms with van der Waals surface area (Å²) in [5.74, 6) is -0.898. The fourth-order valence-corrected chi connectivity index (χ4v) is 1.17. The molecule has 88 valence electrons. The lowest BCUT2D eigenvalue weighted by Gasteiger charge is -2.02. The van der Waals surface area contributed by atoms with Gasteiger partial charge in [-0.1, -0.05) is 0 Å². The molecule has 0 atom stereocenters. The van der Waals surface area contributed by atoms with Crippen LogP contribution in [0.2, 0.25) is 0 Å². The van der Waals surface area contributed by atoms with Gasteiger partial charge in [0, 0.05) is 0 Å². The summed E-state index contributed by atoms with van der Waals surface area (Å²) in [6.07, 6.45) is 1.23. The Hall–Kier alpha value is -2.50. The second-order valence-corrected chi connectivity index (χ2v) is 3.23. The fourth-order valence-electron chi connectivity index (χ4n) is 1.17. The van der Waals surface area contributed by atoms with Gasteiger partial charge in [0.25, 0.3) is 0 Å². The number of carboxylic acid groups (broad SMARTS) is 1. The topological polar surface area (TPSA) is 92.8 Å². The number of oxazole rings is 1. The third-order valence-electron chi connectivity index (χ3n) is 1.96. The number of phenolic OH excluding ortho intramolecular Hbond substituents is 1. The molecule has 2 aromatic rings. The minimum atomic E-state index is -1.22. The average molecular weight is 235 g/mol. The molecule has 1 aromatic carbocycles. The van der Waals surface area contributed by atoms with E-state index in [1.807, 2.05) is 0 Å². The monoisotopic (exact) mass is 235 g/mol. The maximum atomic E-state index is 10.5. The van der Waals surface area contributed by atoms with Crippen molar-refractivity contribution in [2.75, 3.05) is 0 Å². The average Bonchev–Trinajstić information content (AvgIpc) is 2.77. The minimum absolute atomic E-state index is 0.0988. The van der Waals surface area contributed by atoms with E-state index < -0.39 is 5.97 Å². The molecule has 0 unspecified atom stereocenters. The van der Waals surface area contributed by atoms with Crippen LogP contribution in [0.5, 0.6) is 11.5 Å². The zero-order chi connectivity index (χ0) is 12.3. The maximum absolute atomic E-state index is 10.5. The Morgan fingerprint density at radius 2 is 2.06 bits per heavy atom. The number of benzene rings is 1. The van der Waals surface area contributed by atoms with Gasteiger partial charge in [-0.2, -0.15) is 0 Å². The molecule has 6 nitrogen and oxygen atoms in total. The van der Waals surface area contributed by atoms with Gasteiger partial charge in [0.15, 0.2) is 0 Å². The second-order valence-electron chi connectivity index (χ2n) is 3.23. The molecular weight excluding hydrogens is 226 g/mol. The van der Waals surface area contributed by atoms with Gasteiger partial charge in [-0.25, -0.2) is 9.78 Å². The Bertz CT molecular complexity index is 517. The lowest BCUT2D eigenvalue weighted by Crippen LogP contribution is -1.99. The van der Waals surface area contributed by atoms with Crippen LogP contribution in [-0.4, -0.2) is 21.2 Å². The standard InChI is InChI=1S/C11H9NO5/c13-8-1-3-9(4-2-8)16-5-7-6-17-10(12-7)11(14)15/h1-4,6,13H,5H2,(H,14,15). The highest BCUT2D eigenvalue weighted by Gasteiger charge is 2.11. The van der Waals surface area contributed by atoms with Crippen LogP contribution in [-0.2, 0) is 6.61 Å². The summed E-state index contributed by atoms with van der Waals surface area (Å²) in [7, 11) is 0. The highest BCUT2D eigenvalue weighted by atomic mass is 16.5. The van der Waals surface area contributed by atoms with Gasteiger partial charge in [-0.15, -0.1) is 0 Å². The number of phenols is 1. The van der Waals surface area contributed by atoms with Crippen LogP contribution in [0.4, 0.5) is 0 Å². The molecule has 6 heteroatoms. The van der Waals surface area contributed by atoms with E-state index in [0.29, 0.717) is 11.4 Å². The zero-order valence-electron chi connectivity index (χ0n) is 8.66. The number of aromatic nitrogens is 1. The molecule has 0 spiro atoms. The first kappa shape index (κ1) is 11.0. The van der Waals surface area contributed by atoms with Crippen molar-refractivity contribution in [3.8, 4) is 11.5 Å². The van der Waals surface area contributed by atoms with E-state index in [1.54, 1.807) is 12.1 Å². The van der Waals surface area contributed by atoms with E-state index in [4.69, 9.17) is 19.4 Å². The molecule has 17 heavy (non-hydrogen) atoms. The Morgan fingerprint density at radius 3 is 2.65 bits per heavy atom. The van der Waals surface area contributed by atoms with Crippen LogP contribution in [0.1, 0.15) is 16.4 Å². The molecule has 0 aliphatic carbocycles. The Labute approximate surface area is 96.1 Å². The highest BCUT2D eigenvalue weighted by molar-refractivity contribution is 5.82. The normalized spacial score (nSPS) is 10.1. The maximum Gasteiger partial charge on any atom is 0.392 e. The Kier molecular flexibility index (Phi) is 2.95. The molecule has 1 aromatic heterocycles. The van der Waals surface area contributed by atoms with Gasteiger partial charge >= 0.3 is 11.9 Å². The Balaban J connectivity index is 1.97. The molecule has 0 amide bonds. The molecule has 0 radical (unpaired) electrons. The highest BCUT2D eigenvalue weighted by Crippen LogP contribution is 2.17. The van der Waals surface area contributed by atoms with Crippen LogP contribution in [0.25, 0.3) is 0 Å². The van der Waals surface area contributed by atoms with E-state index in [0.717, 1.165) is 0 Å². The quantitative estimate of drug-likeness (QED) is 0.837. The van der Waals surface area contributed by atoms with Crippen molar-refractivity contribution in [3.05, 3.63) is 42.1 Å². The van der Waals surface area contributed by atoms with Crippen LogP contribution in [0.15, 0.2) is 34.9 Å². The van der Waals surface area contributed by atoms with Crippen LogP contribution in [0.3, 0.4) is 0 Å². The van der Waals surface area contributed by atoms with E-state index >= 15 is 0 Å². The summed E-state index contributed by atoms with van der Waals surface area (Å²) in [6.45, 7) is 0.0988. The van der Waals surface area contributed by atoms with E-state index in [9.17, 15) is 4.79 Å². The van der Waals surface area contributed by atoms with Crippen molar-refractivity contribution in [2.24, 2.45) is 0 Å². The van der Waals surface area contributed by atoms with Crippen LogP contribution in [0, 0.1) is 0 Å². The second kappa shape index (κ2) is 4.56. The van der Waals surface area contributed by atoms with E-state index in [2.05, 4.69) is 4.98 Å². The van der Waals surface area contributed by atoms with E-state index in [-0.39, 0.29) is 18.2 Å². The van der Waals surface area contributed by atoms with Gasteiger partial charge in [-0.3, -0.25) is 0 Å². The summed E-state index contributed by atoms with van der Waals surface area (Å²) in [4.78, 5) is 14.2. The minimum Gasteiger partial charge on any atom is -0.508 e. The molecule has 2 rings (SSSR count). The fraction of sp³-hybridized carbons (Fsp3) is 0.0909. The number of hydrogen-bond donors (Lipinski definition) is 2. The molecular formula is C11H9NO5. The predicted molar refractivity (Wildman–Crippen MR) is 55.9 cm³/mol. The van der Waals surface area contributed by atoms with Crippen molar-refractivity contribution >= 4 is 5.97 Å². The summed E-state index contributed by atoms with van der Waals surface area (Å²) < 4.78 is 10.0. The van der Waals surface area contributed by atoms with Crippen molar-refractivity contribution < 1.29 is 24.2 Å². The SMILES string of the molecule is O=C(O)c1nc(COc2ccc(O)cc2)co1. The molecule has 1 heterocycles. The number of hydrogen-bond acceptors (Lipinski definition) is 5. The lowest BCUT2D eigenvalue weighted by atomic mass is 10.3. The largest absolute Gasteiger partial charge is 0.508 e. The van der Waals surface area contributed by atoms with Gasteiger partial charge in [0.2, 0.25) is 0 Å². The number of rotatable bonds is 4. The first-order valence-corrected chi connectivity index (χ1v) is 4.74. The molecule has 0 saturated heterocycles. The van der Waals surface area contributed by atoms with Crippen molar-refractivity contribution in [2.45, 2.75) is 6.61 Å². The number of ether oxygens (including phenoxy) is 1. The number of carbonyl (C=O) groups is 1. The smallest absolute Gasteiger partial charge is 0.392 e. The molecule has 2 N–H and O–H groups in total. The van der Waals surface area contributed by atoms with Gasteiger partial charge in [-0.05, 0) is 24.3 Å². The van der Waals surface area contributed by atoms with Crippen LogP contribution < -0.4 is 4.74 Å². The number of nitrogens with zero attached hydrogens (tertiary/aromatic N) is 1. The van der Waals surface area contributed by atoms with Crippen molar-refractivity contribution in [1.82, 2.24) is 4.98 Å². The van der Waals surface area contributed by atoms with Crippen molar-refractivity contribution in [3.63, 3.8) is 0 Å². The van der Waals surface area contributed by atoms with Gasteiger partial charge in [0.1, 0.15) is 30.1 Å². The summed E-state index contributed by atoms with van der Waals surface area (Å²) >= 11 is 0. The third kappa shape index (κ3) is 2.75. The number of aromatic hydroxyl groups is 1.